The fourth-order valence-electron chi connectivity index (χ4n) is 4.66. The van der Waals surface area contributed by atoms with E-state index >= 15 is 0 Å². The number of carbonyl (C=O) groups is 2. The molecule has 0 aliphatic heterocycles. The molecular weight excluding hydrogens is 532 g/mol. The molecule has 0 saturated heterocycles. The molecule has 0 spiro atoms. The number of nitrogens with one attached hydrogen (secondary N) is 2. The molecule has 0 atom stereocenters. The van der Waals surface area contributed by atoms with Crippen LogP contribution in [0, 0.1) is 0 Å². The topological polar surface area (TPSA) is 118 Å². The van der Waals surface area contributed by atoms with Gasteiger partial charge in [0.25, 0.3) is 0 Å². The highest BCUT2D eigenvalue weighted by Crippen LogP contribution is 2.24. The zero-order valence-corrected chi connectivity index (χ0v) is 23.6. The van der Waals surface area contributed by atoms with E-state index in [0.717, 1.165) is 36.8 Å². The summed E-state index contributed by atoms with van der Waals surface area (Å²) in [5.74, 6) is -0.763. The van der Waals surface area contributed by atoms with E-state index in [4.69, 9.17) is 9.47 Å². The number of H-pyrrole nitrogens is 2. The van der Waals surface area contributed by atoms with E-state index in [-0.39, 0.29) is 22.8 Å². The standard InChI is InChI=1S/C34H32N2O6/c1-3-5-15-41-33(39)23-11-7-21(8-12-23)27-19-31(37)25-18-30-26(17-29(25)35-27)32(38)20-28(36-30)22-9-13-24(14-10-22)34(40)42-16-6-4-2/h7-14,17-20H,3-6,15-16H2,1-2H3,(H,35,37)(H,36,38). The normalized spacial score (nSPS) is 11.1. The van der Waals surface area contributed by atoms with Crippen LogP contribution >= 0.6 is 0 Å². The molecule has 0 aliphatic carbocycles. The number of aromatic amines is 2. The average molecular weight is 565 g/mol. The predicted octanol–water partition coefficient (Wildman–Crippen LogP) is 6.62. The maximum absolute atomic E-state index is 13.1. The molecule has 5 rings (SSSR count). The Kier molecular flexibility index (Phi) is 8.62. The summed E-state index contributed by atoms with van der Waals surface area (Å²) in [5.41, 5.74) is 4.09. The van der Waals surface area contributed by atoms with Gasteiger partial charge in [0.15, 0.2) is 10.9 Å². The molecule has 3 aromatic carbocycles. The Morgan fingerprint density at radius 3 is 1.33 bits per heavy atom. The number of ether oxygens (including phenoxy) is 2. The van der Waals surface area contributed by atoms with E-state index in [2.05, 4.69) is 9.97 Å². The first-order valence-electron chi connectivity index (χ1n) is 14.2. The summed E-state index contributed by atoms with van der Waals surface area (Å²) in [5, 5.41) is 0.862. The lowest BCUT2D eigenvalue weighted by molar-refractivity contribution is 0.0490. The number of fused-ring (bicyclic) bond motifs is 2. The van der Waals surface area contributed by atoms with Gasteiger partial charge in [0.1, 0.15) is 0 Å². The van der Waals surface area contributed by atoms with Gasteiger partial charge < -0.3 is 19.4 Å². The summed E-state index contributed by atoms with van der Waals surface area (Å²) in [4.78, 5) is 57.3. The molecule has 8 heteroatoms. The minimum absolute atomic E-state index is 0.208. The first-order chi connectivity index (χ1) is 20.4. The monoisotopic (exact) mass is 564 g/mol. The molecule has 2 N–H and O–H groups in total. The number of unbranched alkanes of at least 4 members (excludes halogenated alkanes) is 2. The molecule has 0 fully saturated rings. The van der Waals surface area contributed by atoms with Gasteiger partial charge in [0.05, 0.1) is 35.4 Å². The fraction of sp³-hybridized carbons (Fsp3) is 0.235. The smallest absolute Gasteiger partial charge is 0.338 e. The third-order valence-corrected chi connectivity index (χ3v) is 7.10. The Morgan fingerprint density at radius 2 is 0.976 bits per heavy atom. The highest BCUT2D eigenvalue weighted by Gasteiger charge is 2.13. The number of carbonyl (C=O) groups excluding carboxylic acids is 2. The molecule has 5 aromatic rings. The van der Waals surface area contributed by atoms with Crippen LogP contribution in [0.25, 0.3) is 44.3 Å². The summed E-state index contributed by atoms with van der Waals surface area (Å²) in [6, 6.07) is 20.0. The maximum atomic E-state index is 13.1. The van der Waals surface area contributed by atoms with Crippen LogP contribution in [0.15, 0.2) is 82.4 Å². The molecule has 0 aliphatic rings. The minimum Gasteiger partial charge on any atom is -0.462 e. The van der Waals surface area contributed by atoms with Gasteiger partial charge in [0.2, 0.25) is 0 Å². The molecule has 2 heterocycles. The van der Waals surface area contributed by atoms with Crippen molar-refractivity contribution in [3.63, 3.8) is 0 Å². The molecule has 214 valence electrons. The molecule has 0 amide bonds. The molecular formula is C34H32N2O6. The largest absolute Gasteiger partial charge is 0.462 e. The van der Waals surface area contributed by atoms with Crippen molar-refractivity contribution in [1.82, 2.24) is 9.97 Å². The second kappa shape index (κ2) is 12.7. The number of rotatable bonds is 10. The van der Waals surface area contributed by atoms with Crippen molar-refractivity contribution in [2.45, 2.75) is 39.5 Å². The van der Waals surface area contributed by atoms with Crippen molar-refractivity contribution in [2.75, 3.05) is 13.2 Å². The first kappa shape index (κ1) is 28.5. The Balaban J connectivity index is 1.43. The van der Waals surface area contributed by atoms with E-state index in [1.54, 1.807) is 60.7 Å². The Hall–Kier alpha value is -4.98. The molecule has 0 saturated carbocycles. The second-order valence-corrected chi connectivity index (χ2v) is 10.2. The Bertz CT molecular complexity index is 1730. The van der Waals surface area contributed by atoms with Crippen LogP contribution in [-0.2, 0) is 9.47 Å². The predicted molar refractivity (Wildman–Crippen MR) is 164 cm³/mol. The quantitative estimate of drug-likeness (QED) is 0.112. The second-order valence-electron chi connectivity index (χ2n) is 10.2. The highest BCUT2D eigenvalue weighted by atomic mass is 16.5. The van der Waals surface area contributed by atoms with Crippen LogP contribution in [-0.4, -0.2) is 35.1 Å². The Morgan fingerprint density at radius 1 is 0.595 bits per heavy atom. The third-order valence-electron chi connectivity index (χ3n) is 7.10. The molecule has 8 nitrogen and oxygen atoms in total. The summed E-state index contributed by atoms with van der Waals surface area (Å²) in [6.07, 6.45) is 3.50. The fourth-order valence-corrected chi connectivity index (χ4v) is 4.66. The number of hydrogen-bond donors (Lipinski definition) is 2. The minimum atomic E-state index is -0.382. The van der Waals surface area contributed by atoms with Crippen LogP contribution in [0.2, 0.25) is 0 Å². The summed E-state index contributed by atoms with van der Waals surface area (Å²) in [7, 11) is 0. The third kappa shape index (κ3) is 6.17. The van der Waals surface area contributed by atoms with Crippen molar-refractivity contribution >= 4 is 33.7 Å². The van der Waals surface area contributed by atoms with Crippen molar-refractivity contribution in [3.8, 4) is 22.5 Å². The van der Waals surface area contributed by atoms with Gasteiger partial charge >= 0.3 is 11.9 Å². The van der Waals surface area contributed by atoms with Crippen LogP contribution < -0.4 is 10.9 Å². The van der Waals surface area contributed by atoms with E-state index in [1.807, 2.05) is 13.8 Å². The molecule has 2 aromatic heterocycles. The van der Waals surface area contributed by atoms with Gasteiger partial charge in [-0.3, -0.25) is 9.59 Å². The van der Waals surface area contributed by atoms with E-state index in [1.165, 1.54) is 12.1 Å². The maximum Gasteiger partial charge on any atom is 0.338 e. The SMILES string of the molecule is CCCCOC(=O)c1ccc(-c2cc(=O)c3cc4[nH]c(-c5ccc(C(=O)OCCCC)cc5)cc(=O)c4cc3[nH]2)cc1. The highest BCUT2D eigenvalue weighted by molar-refractivity contribution is 5.96. The van der Waals surface area contributed by atoms with Crippen LogP contribution in [0.4, 0.5) is 0 Å². The number of benzene rings is 3. The van der Waals surface area contributed by atoms with Gasteiger partial charge in [-0.25, -0.2) is 9.59 Å². The summed E-state index contributed by atoms with van der Waals surface area (Å²) in [6.45, 7) is 4.82. The van der Waals surface area contributed by atoms with Crippen LogP contribution in [0.5, 0.6) is 0 Å². The number of hydrogen-bond acceptors (Lipinski definition) is 6. The lowest BCUT2D eigenvalue weighted by Crippen LogP contribution is -2.08. The first-order valence-corrected chi connectivity index (χ1v) is 14.2. The molecule has 0 bridgehead atoms. The molecule has 0 radical (unpaired) electrons. The van der Waals surface area contributed by atoms with Crippen molar-refractivity contribution in [1.29, 1.82) is 0 Å². The lowest BCUT2D eigenvalue weighted by atomic mass is 10.0. The zero-order chi connectivity index (χ0) is 29.6. The number of aromatic nitrogens is 2. The van der Waals surface area contributed by atoms with E-state index < -0.39 is 0 Å². The van der Waals surface area contributed by atoms with Gasteiger partial charge in [0, 0.05) is 34.3 Å². The van der Waals surface area contributed by atoms with Crippen molar-refractivity contribution in [2.24, 2.45) is 0 Å². The summed E-state index contributed by atoms with van der Waals surface area (Å²) >= 11 is 0. The van der Waals surface area contributed by atoms with Gasteiger partial charge in [-0.2, -0.15) is 0 Å². The summed E-state index contributed by atoms with van der Waals surface area (Å²) < 4.78 is 10.5. The van der Waals surface area contributed by atoms with Gasteiger partial charge in [-0.15, -0.1) is 0 Å². The van der Waals surface area contributed by atoms with E-state index in [0.29, 0.717) is 57.5 Å². The van der Waals surface area contributed by atoms with Crippen molar-refractivity contribution < 1.29 is 19.1 Å². The van der Waals surface area contributed by atoms with Gasteiger partial charge in [-0.1, -0.05) is 51.0 Å². The number of esters is 2. The van der Waals surface area contributed by atoms with Gasteiger partial charge in [-0.05, 0) is 60.4 Å². The lowest BCUT2D eigenvalue weighted by Gasteiger charge is -2.09. The van der Waals surface area contributed by atoms with Crippen LogP contribution in [0.3, 0.4) is 0 Å². The molecule has 42 heavy (non-hydrogen) atoms. The van der Waals surface area contributed by atoms with E-state index in [9.17, 15) is 19.2 Å². The average Bonchev–Trinajstić information content (AvgIpc) is 3.00. The zero-order valence-electron chi connectivity index (χ0n) is 23.6. The Labute approximate surface area is 242 Å². The number of pyridine rings is 2. The van der Waals surface area contributed by atoms with Crippen LogP contribution in [0.1, 0.15) is 60.2 Å². The van der Waals surface area contributed by atoms with Crippen molar-refractivity contribution in [3.05, 3.63) is 104 Å². The molecule has 0 unspecified atom stereocenters.